The lowest BCUT2D eigenvalue weighted by Crippen LogP contribution is -2.27. The van der Waals surface area contributed by atoms with E-state index in [1.54, 1.807) is 0 Å². The third kappa shape index (κ3) is 2.83. The quantitative estimate of drug-likeness (QED) is 0.279. The summed E-state index contributed by atoms with van der Waals surface area (Å²) in [5.74, 6) is 3.74. The van der Waals surface area contributed by atoms with Crippen molar-refractivity contribution >= 4 is 66.2 Å². The van der Waals surface area contributed by atoms with Crippen LogP contribution in [0.5, 0.6) is 0 Å². The summed E-state index contributed by atoms with van der Waals surface area (Å²) in [5.41, 5.74) is 8.50. The molecule has 146 valence electrons. The number of nitrogens with zero attached hydrogens (tertiary/aromatic N) is 5. The minimum Gasteiger partial charge on any atom is -0.385 e. The second-order valence-electron chi connectivity index (χ2n) is 7.92. The number of benzene rings is 1. The molecule has 7 nitrogen and oxygen atoms in total. The zero-order valence-corrected chi connectivity index (χ0v) is 19.1. The van der Waals surface area contributed by atoms with Crippen molar-refractivity contribution in [3.8, 4) is 11.4 Å². The van der Waals surface area contributed by atoms with Crippen LogP contribution in [0.1, 0.15) is 26.6 Å². The van der Waals surface area contributed by atoms with Crippen LogP contribution in [0.15, 0.2) is 39.3 Å². The topological polar surface area (TPSA) is 96.6 Å². The molecule has 5 rings (SSSR count). The number of hydrogen-bond acceptors (Lipinski definition) is 6. The van der Waals surface area contributed by atoms with Crippen LogP contribution in [0.2, 0.25) is 0 Å². The number of fused-ring (bicyclic) bond motifs is 3. The zero-order chi connectivity index (χ0) is 20.5. The maximum Gasteiger partial charge on any atom is 0.169 e. The minimum absolute atomic E-state index is 0.250. The molecule has 0 amide bonds. The Morgan fingerprint density at radius 1 is 0.931 bits per heavy atom. The molecule has 0 aromatic heterocycles. The monoisotopic (exact) mass is 513 g/mol. The van der Waals surface area contributed by atoms with Crippen molar-refractivity contribution in [2.75, 3.05) is 10.6 Å². The van der Waals surface area contributed by atoms with E-state index in [4.69, 9.17) is 25.7 Å². The van der Waals surface area contributed by atoms with Crippen molar-refractivity contribution in [3.05, 3.63) is 45.1 Å². The molecule has 3 N–H and O–H groups in total. The lowest BCUT2D eigenvalue weighted by molar-refractivity contribution is 0.543. The molecule has 29 heavy (non-hydrogen) atoms. The van der Waals surface area contributed by atoms with Gasteiger partial charge in [-0.1, -0.05) is 32.9 Å². The molecule has 1 aromatic carbocycles. The molecule has 0 aliphatic carbocycles. The Hall–Kier alpha value is -2.52. The van der Waals surface area contributed by atoms with Crippen LogP contribution >= 0.6 is 31.9 Å². The first-order valence-corrected chi connectivity index (χ1v) is 10.6. The van der Waals surface area contributed by atoms with Crippen molar-refractivity contribution in [2.24, 2.45) is 0 Å². The lowest BCUT2D eigenvalue weighted by atomic mass is 9.95. The van der Waals surface area contributed by atoms with Crippen LogP contribution < -0.4 is 10.6 Å². The molecule has 4 aliphatic rings. The Balaban J connectivity index is 2.01. The van der Waals surface area contributed by atoms with E-state index in [1.165, 1.54) is 0 Å². The molecule has 0 saturated carbocycles. The van der Waals surface area contributed by atoms with Crippen molar-refractivity contribution in [1.82, 2.24) is 24.9 Å². The molecule has 1 aromatic rings. The summed E-state index contributed by atoms with van der Waals surface area (Å²) < 4.78 is 1.64. The van der Waals surface area contributed by atoms with Crippen LogP contribution in [0.4, 0.5) is 23.3 Å². The van der Waals surface area contributed by atoms with Crippen molar-refractivity contribution < 1.29 is 0 Å². The van der Waals surface area contributed by atoms with Crippen LogP contribution in [-0.2, 0) is 5.41 Å². The maximum atomic E-state index is 6.50. The Kier molecular flexibility index (Phi) is 3.98. The van der Waals surface area contributed by atoms with Crippen molar-refractivity contribution in [3.63, 3.8) is 0 Å². The first-order chi connectivity index (χ1) is 13.7. The van der Waals surface area contributed by atoms with Crippen LogP contribution in [-0.4, -0.2) is 24.9 Å². The molecule has 4 heterocycles. The maximum absolute atomic E-state index is 6.50. The van der Waals surface area contributed by atoms with Crippen LogP contribution in [0, 0.1) is 0 Å². The molecule has 0 unspecified atom stereocenters. The average Bonchev–Trinajstić information content (AvgIpc) is 2.80. The van der Waals surface area contributed by atoms with Gasteiger partial charge in [-0.25, -0.2) is 19.9 Å². The molecule has 9 heteroatoms. The number of hydrogen-bond donors (Lipinski definition) is 2. The van der Waals surface area contributed by atoms with E-state index < -0.39 is 0 Å². The predicted octanol–water partition coefficient (Wildman–Crippen LogP) is 5.60. The number of para-hydroxylation sites is 2. The van der Waals surface area contributed by atoms with Gasteiger partial charge < -0.3 is 10.7 Å². The molecule has 0 fully saturated rings. The van der Waals surface area contributed by atoms with Gasteiger partial charge in [0, 0.05) is 5.41 Å². The summed E-state index contributed by atoms with van der Waals surface area (Å²) in [5, 5.41) is 0. The number of aromatic amines is 1. The van der Waals surface area contributed by atoms with Gasteiger partial charge >= 0.3 is 0 Å². The standard InChI is InChI=1S/C20H17Br2N7/c1-20(2,3)19-27-17-10(22)8-9(21)16-26-15-13(18(28-19)29(16)17)14(23)24-11-6-4-5-7-12(11)25-15/h4-8,24H,23H2,1-3H3. The molecular formula is C20H17Br2N7. The number of nitrogens with two attached hydrogens (primary N) is 1. The van der Waals surface area contributed by atoms with Gasteiger partial charge in [0.1, 0.15) is 17.2 Å². The Morgan fingerprint density at radius 3 is 2.31 bits per heavy atom. The summed E-state index contributed by atoms with van der Waals surface area (Å²) in [6.45, 7) is 6.25. The Morgan fingerprint density at radius 2 is 1.59 bits per heavy atom. The van der Waals surface area contributed by atoms with E-state index >= 15 is 0 Å². The predicted molar refractivity (Wildman–Crippen MR) is 122 cm³/mol. The first-order valence-electron chi connectivity index (χ1n) is 9.03. The average molecular weight is 515 g/mol. The van der Waals surface area contributed by atoms with Crippen LogP contribution in [0.3, 0.4) is 0 Å². The molecule has 0 bridgehead atoms. The van der Waals surface area contributed by atoms with E-state index in [-0.39, 0.29) is 5.41 Å². The molecule has 0 atom stereocenters. The molecule has 0 saturated heterocycles. The lowest BCUT2D eigenvalue weighted by Gasteiger charge is -2.33. The summed E-state index contributed by atoms with van der Waals surface area (Å²) >= 11 is 7.26. The Labute approximate surface area is 184 Å². The highest BCUT2D eigenvalue weighted by Crippen LogP contribution is 2.50. The summed E-state index contributed by atoms with van der Waals surface area (Å²) in [4.78, 5) is 24.5. The van der Waals surface area contributed by atoms with Gasteiger partial charge in [0.2, 0.25) is 0 Å². The largest absolute Gasteiger partial charge is 0.385 e. The number of halogens is 2. The van der Waals surface area contributed by atoms with Gasteiger partial charge in [-0.15, -0.1) is 0 Å². The number of aromatic nitrogens is 5. The van der Waals surface area contributed by atoms with E-state index in [9.17, 15) is 0 Å². The zero-order valence-electron chi connectivity index (χ0n) is 16.0. The molecular weight excluding hydrogens is 498 g/mol. The summed E-state index contributed by atoms with van der Waals surface area (Å²) in [6, 6.07) is 9.68. The third-order valence-corrected chi connectivity index (χ3v) is 5.91. The van der Waals surface area contributed by atoms with Crippen molar-refractivity contribution in [1.29, 1.82) is 0 Å². The van der Waals surface area contributed by atoms with Gasteiger partial charge in [0.05, 0.1) is 20.0 Å². The fourth-order valence-corrected chi connectivity index (χ4v) is 4.61. The van der Waals surface area contributed by atoms with E-state index in [1.807, 2.05) is 35.2 Å². The van der Waals surface area contributed by atoms with E-state index in [0.29, 0.717) is 34.7 Å². The number of H-pyrrole nitrogens is 1. The SMILES string of the molecule is CC(C)(C)c1nc2c(Br)cc(Br)c3nc4nc5ccccc5[nH]c(N)c-4c(n1)N32. The highest BCUT2D eigenvalue weighted by atomic mass is 79.9. The first kappa shape index (κ1) is 18.5. The Bertz CT molecular complexity index is 1290. The molecule has 0 spiro atoms. The minimum atomic E-state index is -0.250. The number of nitrogens with one attached hydrogen (secondary N) is 1. The number of nitrogen functional groups attached to an aromatic ring is 1. The fraction of sp³-hybridized carbons (Fsp3) is 0.200. The van der Waals surface area contributed by atoms with Gasteiger partial charge in [-0.2, -0.15) is 0 Å². The smallest absolute Gasteiger partial charge is 0.169 e. The summed E-state index contributed by atoms with van der Waals surface area (Å²) in [6.07, 6.45) is 0. The van der Waals surface area contributed by atoms with Crippen molar-refractivity contribution in [2.45, 2.75) is 26.2 Å². The second kappa shape index (κ2) is 6.24. The van der Waals surface area contributed by atoms with Gasteiger partial charge in [0.15, 0.2) is 23.3 Å². The van der Waals surface area contributed by atoms with Gasteiger partial charge in [0.25, 0.3) is 0 Å². The highest BCUT2D eigenvalue weighted by Gasteiger charge is 2.35. The molecule has 4 aliphatic heterocycles. The number of rotatable bonds is 0. The van der Waals surface area contributed by atoms with Gasteiger partial charge in [-0.05, 0) is 50.1 Å². The fourth-order valence-electron chi connectivity index (χ4n) is 3.32. The summed E-state index contributed by atoms with van der Waals surface area (Å²) in [7, 11) is 0. The van der Waals surface area contributed by atoms with E-state index in [0.717, 1.165) is 25.8 Å². The van der Waals surface area contributed by atoms with E-state index in [2.05, 4.69) is 57.6 Å². The second-order valence-corrected chi connectivity index (χ2v) is 9.63. The highest BCUT2D eigenvalue weighted by molar-refractivity contribution is 9.11. The third-order valence-electron chi connectivity index (χ3n) is 4.74. The van der Waals surface area contributed by atoms with Crippen LogP contribution in [0.25, 0.3) is 22.4 Å². The molecule has 0 radical (unpaired) electrons. The number of anilines is 4. The normalized spacial score (nSPS) is 13.1. The van der Waals surface area contributed by atoms with Gasteiger partial charge in [-0.3, -0.25) is 4.90 Å².